The van der Waals surface area contributed by atoms with Crippen LogP contribution in [0, 0.1) is 12.8 Å². The lowest BCUT2D eigenvalue weighted by Crippen LogP contribution is -2.45. The number of aliphatic hydroxyl groups is 1. The molecule has 0 unspecified atom stereocenters. The standard InChI is InChI=1S/C17H26N2O3/c1-13-3-4-14(11-16(13)22-2)5-8-18-17(21)19-9-6-15(12-20)7-10-19/h3-4,11,15,20H,5-10,12H2,1-2H3,(H,18,21). The number of piperidine rings is 1. The van der Waals surface area contributed by atoms with Crippen molar-refractivity contribution in [2.75, 3.05) is 33.4 Å². The third-order valence-electron chi connectivity index (χ3n) is 4.32. The van der Waals surface area contributed by atoms with Crippen molar-refractivity contribution in [3.63, 3.8) is 0 Å². The van der Waals surface area contributed by atoms with Gasteiger partial charge in [0.15, 0.2) is 0 Å². The lowest BCUT2D eigenvalue weighted by Gasteiger charge is -2.31. The minimum absolute atomic E-state index is 0.00420. The first-order valence-corrected chi connectivity index (χ1v) is 7.91. The molecule has 0 bridgehead atoms. The molecule has 1 aliphatic rings. The fraction of sp³-hybridized carbons (Fsp3) is 0.588. The highest BCUT2D eigenvalue weighted by Crippen LogP contribution is 2.19. The summed E-state index contributed by atoms with van der Waals surface area (Å²) in [5, 5.41) is 12.1. The van der Waals surface area contributed by atoms with Crippen LogP contribution in [-0.4, -0.2) is 49.4 Å². The molecule has 0 spiro atoms. The molecular formula is C17H26N2O3. The smallest absolute Gasteiger partial charge is 0.317 e. The molecule has 1 fully saturated rings. The summed E-state index contributed by atoms with van der Waals surface area (Å²) in [6.45, 7) is 4.32. The fourth-order valence-corrected chi connectivity index (χ4v) is 2.76. The third-order valence-corrected chi connectivity index (χ3v) is 4.32. The Hall–Kier alpha value is -1.75. The van der Waals surface area contributed by atoms with Crippen LogP contribution in [0.3, 0.4) is 0 Å². The molecule has 1 saturated heterocycles. The van der Waals surface area contributed by atoms with Crippen LogP contribution in [0.15, 0.2) is 18.2 Å². The van der Waals surface area contributed by atoms with Gasteiger partial charge in [0.2, 0.25) is 0 Å². The van der Waals surface area contributed by atoms with E-state index in [1.165, 1.54) is 0 Å². The average molecular weight is 306 g/mol. The fourth-order valence-electron chi connectivity index (χ4n) is 2.76. The van der Waals surface area contributed by atoms with Gasteiger partial charge in [-0.2, -0.15) is 0 Å². The highest BCUT2D eigenvalue weighted by atomic mass is 16.5. The number of likely N-dealkylation sites (tertiary alicyclic amines) is 1. The molecule has 5 heteroatoms. The molecule has 2 amide bonds. The molecule has 1 aromatic carbocycles. The van der Waals surface area contributed by atoms with E-state index in [4.69, 9.17) is 9.84 Å². The summed E-state index contributed by atoms with van der Waals surface area (Å²) in [5.41, 5.74) is 2.27. The second-order valence-electron chi connectivity index (χ2n) is 5.90. The average Bonchev–Trinajstić information content (AvgIpc) is 2.56. The largest absolute Gasteiger partial charge is 0.496 e. The van der Waals surface area contributed by atoms with Gasteiger partial charge in [-0.1, -0.05) is 12.1 Å². The monoisotopic (exact) mass is 306 g/mol. The zero-order valence-corrected chi connectivity index (χ0v) is 13.5. The molecule has 2 rings (SSSR count). The molecule has 0 atom stereocenters. The van der Waals surface area contributed by atoms with Gasteiger partial charge in [-0.3, -0.25) is 0 Å². The summed E-state index contributed by atoms with van der Waals surface area (Å²) in [6.07, 6.45) is 2.56. The molecule has 0 aromatic heterocycles. The van der Waals surface area contributed by atoms with Crippen molar-refractivity contribution in [3.05, 3.63) is 29.3 Å². The quantitative estimate of drug-likeness (QED) is 0.874. The predicted molar refractivity (Wildman–Crippen MR) is 86.2 cm³/mol. The SMILES string of the molecule is COc1cc(CCNC(=O)N2CCC(CO)CC2)ccc1C. The number of benzene rings is 1. The van der Waals surface area contributed by atoms with Crippen molar-refractivity contribution >= 4 is 6.03 Å². The first kappa shape index (κ1) is 16.6. The van der Waals surface area contributed by atoms with E-state index in [0.717, 1.165) is 49.2 Å². The number of nitrogens with zero attached hydrogens (tertiary/aromatic N) is 1. The van der Waals surface area contributed by atoms with Crippen LogP contribution >= 0.6 is 0 Å². The Morgan fingerprint density at radius 3 is 2.77 bits per heavy atom. The Kier molecular flexibility index (Phi) is 6.07. The predicted octanol–water partition coefficient (Wildman–Crippen LogP) is 1.96. The van der Waals surface area contributed by atoms with Crippen LogP contribution in [0.1, 0.15) is 24.0 Å². The van der Waals surface area contributed by atoms with Gasteiger partial charge in [-0.15, -0.1) is 0 Å². The van der Waals surface area contributed by atoms with Gasteiger partial charge >= 0.3 is 6.03 Å². The number of hydrogen-bond donors (Lipinski definition) is 2. The number of urea groups is 1. The van der Waals surface area contributed by atoms with E-state index in [9.17, 15) is 4.79 Å². The number of aryl methyl sites for hydroxylation is 1. The van der Waals surface area contributed by atoms with Crippen LogP contribution in [0.2, 0.25) is 0 Å². The number of ether oxygens (including phenoxy) is 1. The molecule has 1 aromatic rings. The lowest BCUT2D eigenvalue weighted by molar-refractivity contribution is 0.137. The maximum Gasteiger partial charge on any atom is 0.317 e. The third kappa shape index (κ3) is 4.37. The minimum Gasteiger partial charge on any atom is -0.496 e. The Morgan fingerprint density at radius 2 is 2.14 bits per heavy atom. The number of methoxy groups -OCH3 is 1. The van der Waals surface area contributed by atoms with Crippen LogP contribution in [0.25, 0.3) is 0 Å². The highest BCUT2D eigenvalue weighted by molar-refractivity contribution is 5.74. The first-order chi connectivity index (χ1) is 10.6. The molecule has 2 N–H and O–H groups in total. The summed E-state index contributed by atoms with van der Waals surface area (Å²) < 4.78 is 5.31. The highest BCUT2D eigenvalue weighted by Gasteiger charge is 2.21. The summed E-state index contributed by atoms with van der Waals surface area (Å²) in [6, 6.07) is 6.12. The molecule has 122 valence electrons. The van der Waals surface area contributed by atoms with E-state index in [1.54, 1.807) is 7.11 Å². The van der Waals surface area contributed by atoms with Crippen molar-refractivity contribution < 1.29 is 14.6 Å². The van der Waals surface area contributed by atoms with Crippen molar-refractivity contribution in [1.29, 1.82) is 0 Å². The summed E-state index contributed by atoms with van der Waals surface area (Å²) >= 11 is 0. The van der Waals surface area contributed by atoms with Crippen molar-refractivity contribution in [3.8, 4) is 5.75 Å². The Balaban J connectivity index is 1.75. The second-order valence-corrected chi connectivity index (χ2v) is 5.90. The molecule has 1 heterocycles. The molecular weight excluding hydrogens is 280 g/mol. The van der Waals surface area contributed by atoms with Crippen molar-refractivity contribution in [1.82, 2.24) is 10.2 Å². The lowest BCUT2D eigenvalue weighted by atomic mass is 9.98. The van der Waals surface area contributed by atoms with Gasteiger partial charge < -0.3 is 20.1 Å². The normalized spacial score (nSPS) is 15.7. The molecule has 0 aliphatic carbocycles. The van der Waals surface area contributed by atoms with Crippen LogP contribution < -0.4 is 10.1 Å². The summed E-state index contributed by atoms with van der Waals surface area (Å²) in [7, 11) is 1.67. The Morgan fingerprint density at radius 1 is 1.41 bits per heavy atom. The van der Waals surface area contributed by atoms with Gasteiger partial charge in [-0.25, -0.2) is 4.79 Å². The van der Waals surface area contributed by atoms with Gasteiger partial charge in [0, 0.05) is 26.2 Å². The second kappa shape index (κ2) is 8.03. The zero-order chi connectivity index (χ0) is 15.9. The maximum absolute atomic E-state index is 12.1. The maximum atomic E-state index is 12.1. The molecule has 0 saturated carbocycles. The molecule has 22 heavy (non-hydrogen) atoms. The number of hydrogen-bond acceptors (Lipinski definition) is 3. The minimum atomic E-state index is -0.00420. The number of rotatable bonds is 5. The van der Waals surface area contributed by atoms with E-state index in [0.29, 0.717) is 12.5 Å². The topological polar surface area (TPSA) is 61.8 Å². The summed E-state index contributed by atoms with van der Waals surface area (Å²) in [5.74, 6) is 1.24. The number of carbonyl (C=O) groups excluding carboxylic acids is 1. The van der Waals surface area contributed by atoms with Gasteiger partial charge in [0.1, 0.15) is 5.75 Å². The van der Waals surface area contributed by atoms with Crippen LogP contribution in [0.5, 0.6) is 5.75 Å². The van der Waals surface area contributed by atoms with E-state index in [2.05, 4.69) is 11.4 Å². The van der Waals surface area contributed by atoms with Crippen molar-refractivity contribution in [2.24, 2.45) is 5.92 Å². The first-order valence-electron chi connectivity index (χ1n) is 7.91. The van der Waals surface area contributed by atoms with E-state index in [1.807, 2.05) is 24.0 Å². The molecule has 0 radical (unpaired) electrons. The van der Waals surface area contributed by atoms with Crippen LogP contribution in [-0.2, 0) is 6.42 Å². The Bertz CT molecular complexity index is 497. The molecule has 1 aliphatic heterocycles. The number of nitrogens with one attached hydrogen (secondary N) is 1. The van der Waals surface area contributed by atoms with Gasteiger partial charge in [-0.05, 0) is 49.3 Å². The summed E-state index contributed by atoms with van der Waals surface area (Å²) in [4.78, 5) is 13.9. The van der Waals surface area contributed by atoms with Crippen molar-refractivity contribution in [2.45, 2.75) is 26.2 Å². The van der Waals surface area contributed by atoms with E-state index in [-0.39, 0.29) is 12.6 Å². The number of amides is 2. The molecule has 5 nitrogen and oxygen atoms in total. The number of aliphatic hydroxyl groups excluding tert-OH is 1. The Labute approximate surface area is 132 Å². The zero-order valence-electron chi connectivity index (χ0n) is 13.5. The number of carbonyl (C=O) groups is 1. The van der Waals surface area contributed by atoms with E-state index >= 15 is 0 Å². The van der Waals surface area contributed by atoms with Gasteiger partial charge in [0.05, 0.1) is 7.11 Å². The van der Waals surface area contributed by atoms with Crippen LogP contribution in [0.4, 0.5) is 4.79 Å². The van der Waals surface area contributed by atoms with Gasteiger partial charge in [0.25, 0.3) is 0 Å². The van der Waals surface area contributed by atoms with E-state index < -0.39 is 0 Å².